The van der Waals surface area contributed by atoms with E-state index in [-0.39, 0.29) is 11.5 Å². The number of rotatable bonds is 6. The highest BCUT2D eigenvalue weighted by molar-refractivity contribution is 7.93. The first-order valence-electron chi connectivity index (χ1n) is 6.95. The van der Waals surface area contributed by atoms with Gasteiger partial charge in [-0.3, -0.25) is 9.03 Å². The summed E-state index contributed by atoms with van der Waals surface area (Å²) in [7, 11) is -6.64. The maximum atomic E-state index is 11.9. The molecule has 0 saturated carbocycles. The molecule has 1 aromatic rings. The molecule has 0 radical (unpaired) electrons. The lowest BCUT2D eigenvalue weighted by atomic mass is 10.3. The van der Waals surface area contributed by atoms with Gasteiger partial charge in [-0.1, -0.05) is 19.4 Å². The van der Waals surface area contributed by atoms with Crippen molar-refractivity contribution in [1.82, 2.24) is 0 Å². The average Bonchev–Trinajstić information content (AvgIpc) is 2.76. The van der Waals surface area contributed by atoms with E-state index in [1.54, 1.807) is 24.3 Å². The lowest BCUT2D eigenvalue weighted by Crippen LogP contribution is -2.25. The minimum Gasteiger partial charge on any atom is -0.283 e. The van der Waals surface area contributed by atoms with Crippen LogP contribution in [0.15, 0.2) is 24.3 Å². The number of sulfonamides is 2. The second-order valence-electron chi connectivity index (χ2n) is 5.07. The fraction of sp³-hybridized carbons (Fsp3) is 0.538. The lowest BCUT2D eigenvalue weighted by molar-refractivity contribution is 0.597. The van der Waals surface area contributed by atoms with Crippen molar-refractivity contribution < 1.29 is 16.8 Å². The molecule has 6 nitrogen and oxygen atoms in total. The zero-order valence-electron chi connectivity index (χ0n) is 11.9. The number of anilines is 2. The van der Waals surface area contributed by atoms with Crippen LogP contribution in [-0.4, -0.2) is 34.9 Å². The van der Waals surface area contributed by atoms with Gasteiger partial charge >= 0.3 is 0 Å². The lowest BCUT2D eigenvalue weighted by Gasteiger charge is -2.18. The van der Waals surface area contributed by atoms with Gasteiger partial charge in [0.2, 0.25) is 20.0 Å². The molecule has 21 heavy (non-hydrogen) atoms. The van der Waals surface area contributed by atoms with Gasteiger partial charge in [-0.05, 0) is 31.0 Å². The van der Waals surface area contributed by atoms with E-state index in [4.69, 9.17) is 0 Å². The molecule has 1 aromatic carbocycles. The van der Waals surface area contributed by atoms with E-state index in [1.807, 2.05) is 6.92 Å². The maximum absolute atomic E-state index is 11.9. The molecule has 1 saturated heterocycles. The molecular weight excluding hydrogens is 312 g/mol. The van der Waals surface area contributed by atoms with Gasteiger partial charge in [0.05, 0.1) is 22.9 Å². The third kappa shape index (κ3) is 4.10. The summed E-state index contributed by atoms with van der Waals surface area (Å²) in [6, 6.07) is 6.51. The zero-order chi connectivity index (χ0) is 15.5. The van der Waals surface area contributed by atoms with Crippen LogP contribution in [0.25, 0.3) is 0 Å². The van der Waals surface area contributed by atoms with Gasteiger partial charge in [0.25, 0.3) is 0 Å². The predicted octanol–water partition coefficient (Wildman–Crippen LogP) is 1.77. The van der Waals surface area contributed by atoms with Crippen LogP contribution in [0.1, 0.15) is 26.2 Å². The first-order chi connectivity index (χ1) is 9.84. The molecule has 0 aliphatic carbocycles. The van der Waals surface area contributed by atoms with E-state index in [0.717, 1.165) is 6.42 Å². The molecule has 0 spiro atoms. The fourth-order valence-corrected chi connectivity index (χ4v) is 5.03. The van der Waals surface area contributed by atoms with Crippen molar-refractivity contribution in [2.45, 2.75) is 26.2 Å². The van der Waals surface area contributed by atoms with Crippen LogP contribution in [-0.2, 0) is 20.0 Å². The fourth-order valence-electron chi connectivity index (χ4n) is 2.22. The number of benzene rings is 1. The summed E-state index contributed by atoms with van der Waals surface area (Å²) in [4.78, 5) is 0. The van der Waals surface area contributed by atoms with Crippen LogP contribution < -0.4 is 9.03 Å². The number of hydrogen-bond donors (Lipinski definition) is 1. The number of nitrogens with zero attached hydrogens (tertiary/aromatic N) is 1. The molecular formula is C13H20N2O4S2. The number of nitrogens with one attached hydrogen (secondary N) is 1. The Morgan fingerprint density at radius 3 is 2.71 bits per heavy atom. The summed E-state index contributed by atoms with van der Waals surface area (Å²) in [6.45, 7) is 2.36. The predicted molar refractivity (Wildman–Crippen MR) is 84.5 cm³/mol. The Bertz CT molecular complexity index is 699. The largest absolute Gasteiger partial charge is 0.283 e. The maximum Gasteiger partial charge on any atom is 0.235 e. The monoisotopic (exact) mass is 332 g/mol. The molecule has 1 fully saturated rings. The van der Waals surface area contributed by atoms with E-state index in [0.29, 0.717) is 30.8 Å². The minimum atomic E-state index is -3.38. The van der Waals surface area contributed by atoms with Crippen molar-refractivity contribution in [2.24, 2.45) is 0 Å². The van der Waals surface area contributed by atoms with Gasteiger partial charge in [0.15, 0.2) is 0 Å². The molecule has 0 unspecified atom stereocenters. The smallest absolute Gasteiger partial charge is 0.235 e. The zero-order valence-corrected chi connectivity index (χ0v) is 13.6. The van der Waals surface area contributed by atoms with Crippen LogP contribution in [0.4, 0.5) is 11.4 Å². The molecule has 0 amide bonds. The molecule has 118 valence electrons. The Hall–Kier alpha value is -1.28. The van der Waals surface area contributed by atoms with E-state index in [1.165, 1.54) is 4.31 Å². The Balaban J connectivity index is 2.19. The summed E-state index contributed by atoms with van der Waals surface area (Å²) in [5, 5.41) is 0. The summed E-state index contributed by atoms with van der Waals surface area (Å²) < 4.78 is 51.4. The Morgan fingerprint density at radius 2 is 2.10 bits per heavy atom. The van der Waals surface area contributed by atoms with Gasteiger partial charge in [-0.2, -0.15) is 0 Å². The van der Waals surface area contributed by atoms with Gasteiger partial charge in [-0.25, -0.2) is 16.8 Å². The molecule has 0 aromatic heterocycles. The van der Waals surface area contributed by atoms with Crippen molar-refractivity contribution in [3.63, 3.8) is 0 Å². The van der Waals surface area contributed by atoms with Crippen molar-refractivity contribution in [1.29, 1.82) is 0 Å². The summed E-state index contributed by atoms with van der Waals surface area (Å²) >= 11 is 0. The van der Waals surface area contributed by atoms with Crippen molar-refractivity contribution >= 4 is 31.4 Å². The Labute approximate surface area is 126 Å². The highest BCUT2D eigenvalue weighted by atomic mass is 32.2. The highest BCUT2D eigenvalue weighted by Gasteiger charge is 2.28. The first kappa shape index (κ1) is 16.1. The normalized spacial score (nSPS) is 17.9. The van der Waals surface area contributed by atoms with Crippen molar-refractivity contribution in [3.05, 3.63) is 24.3 Å². The van der Waals surface area contributed by atoms with Gasteiger partial charge in [0.1, 0.15) is 0 Å². The molecule has 1 aliphatic heterocycles. The molecule has 1 N–H and O–H groups in total. The second-order valence-corrected chi connectivity index (χ2v) is 8.92. The van der Waals surface area contributed by atoms with Crippen LogP contribution in [0.3, 0.4) is 0 Å². The summed E-state index contributed by atoms with van der Waals surface area (Å²) in [5.41, 5.74) is 0.897. The third-order valence-electron chi connectivity index (χ3n) is 3.27. The molecule has 2 rings (SSSR count). The molecule has 1 aliphatic rings. The molecule has 0 atom stereocenters. The van der Waals surface area contributed by atoms with E-state index in [2.05, 4.69) is 4.72 Å². The quantitative estimate of drug-likeness (QED) is 0.860. The first-order valence-corrected chi connectivity index (χ1v) is 10.2. The van der Waals surface area contributed by atoms with Crippen molar-refractivity contribution in [3.8, 4) is 0 Å². The third-order valence-corrected chi connectivity index (χ3v) is 6.52. The minimum absolute atomic E-state index is 0.0652. The molecule has 8 heteroatoms. The summed E-state index contributed by atoms with van der Waals surface area (Å²) in [6.07, 6.45) is 1.98. The Kier molecular flexibility index (Phi) is 4.77. The highest BCUT2D eigenvalue weighted by Crippen LogP contribution is 2.26. The van der Waals surface area contributed by atoms with E-state index >= 15 is 0 Å². The van der Waals surface area contributed by atoms with Crippen LogP contribution in [0.5, 0.6) is 0 Å². The SMILES string of the molecule is CCCCS(=O)(=O)Nc1cccc(N2CCCS2(=O)=O)c1. The van der Waals surface area contributed by atoms with Gasteiger partial charge in [0, 0.05) is 6.54 Å². The molecule has 0 bridgehead atoms. The van der Waals surface area contributed by atoms with Gasteiger partial charge in [-0.15, -0.1) is 0 Å². The van der Waals surface area contributed by atoms with Gasteiger partial charge < -0.3 is 0 Å². The van der Waals surface area contributed by atoms with Crippen LogP contribution in [0.2, 0.25) is 0 Å². The van der Waals surface area contributed by atoms with Crippen LogP contribution >= 0.6 is 0 Å². The second kappa shape index (κ2) is 6.23. The average molecular weight is 332 g/mol. The topological polar surface area (TPSA) is 83.6 Å². The van der Waals surface area contributed by atoms with Crippen molar-refractivity contribution in [2.75, 3.05) is 27.1 Å². The number of unbranched alkanes of at least 4 members (excludes halogenated alkanes) is 1. The number of hydrogen-bond acceptors (Lipinski definition) is 4. The van der Waals surface area contributed by atoms with E-state index < -0.39 is 20.0 Å². The van der Waals surface area contributed by atoms with E-state index in [9.17, 15) is 16.8 Å². The van der Waals surface area contributed by atoms with Crippen LogP contribution in [0, 0.1) is 0 Å². The standard InChI is InChI=1S/C13H20N2O4S2/c1-2-3-9-20(16,17)14-12-6-4-7-13(11-12)15-8-5-10-21(15,18)19/h4,6-7,11,14H,2-3,5,8-10H2,1H3. The molecule has 1 heterocycles. The summed E-state index contributed by atoms with van der Waals surface area (Å²) in [5.74, 6) is 0.204. The Morgan fingerprint density at radius 1 is 1.33 bits per heavy atom.